The number of nitrogens with zero attached hydrogens (tertiary/aromatic N) is 4. The van der Waals surface area contributed by atoms with Gasteiger partial charge in [-0.1, -0.05) is 61.0 Å². The van der Waals surface area contributed by atoms with Gasteiger partial charge < -0.3 is 0 Å². The van der Waals surface area contributed by atoms with Crippen LogP contribution in [0.2, 0.25) is 5.15 Å². The van der Waals surface area contributed by atoms with E-state index in [1.165, 1.54) is 11.1 Å². The van der Waals surface area contributed by atoms with Crippen LogP contribution in [-0.2, 0) is 20.0 Å². The van der Waals surface area contributed by atoms with E-state index in [2.05, 4.69) is 64.3 Å². The second-order valence-electron chi connectivity index (χ2n) is 6.58. The summed E-state index contributed by atoms with van der Waals surface area (Å²) in [4.78, 5) is 4.99. The predicted molar refractivity (Wildman–Crippen MR) is 105 cm³/mol. The van der Waals surface area contributed by atoms with Crippen molar-refractivity contribution >= 4 is 17.7 Å². The van der Waals surface area contributed by atoms with E-state index in [0.717, 1.165) is 56.5 Å². The molecule has 3 rings (SSSR count). The van der Waals surface area contributed by atoms with Crippen molar-refractivity contribution in [1.29, 1.82) is 0 Å². The summed E-state index contributed by atoms with van der Waals surface area (Å²) in [5, 5.41) is 5.30. The van der Waals surface area contributed by atoms with Crippen molar-refractivity contribution < 1.29 is 0 Å². The van der Waals surface area contributed by atoms with Crippen molar-refractivity contribution in [1.82, 2.24) is 19.6 Å². The summed E-state index contributed by atoms with van der Waals surface area (Å²) < 4.78 is 1.79. The van der Waals surface area contributed by atoms with Crippen LogP contribution in [0.25, 0.3) is 6.08 Å². The molecule has 1 aliphatic heterocycles. The average molecular weight is 359 g/mol. The highest BCUT2D eigenvalue weighted by atomic mass is 35.5. The summed E-state index contributed by atoms with van der Waals surface area (Å²) in [7, 11) is 1.92. The van der Waals surface area contributed by atoms with E-state index in [0.29, 0.717) is 0 Å². The zero-order valence-electron chi connectivity index (χ0n) is 15.2. The molecule has 1 aromatic heterocycles. The molecule has 0 atom stereocenters. The first-order valence-electron chi connectivity index (χ1n) is 9.04. The van der Waals surface area contributed by atoms with Crippen LogP contribution in [0.5, 0.6) is 0 Å². The Morgan fingerprint density at radius 2 is 1.76 bits per heavy atom. The Kier molecular flexibility index (Phi) is 6.29. The molecule has 0 saturated carbocycles. The first-order valence-corrected chi connectivity index (χ1v) is 9.41. The monoisotopic (exact) mass is 358 g/mol. The molecule has 1 aromatic carbocycles. The molecule has 1 aliphatic rings. The van der Waals surface area contributed by atoms with Gasteiger partial charge in [-0.15, -0.1) is 0 Å². The Morgan fingerprint density at radius 3 is 2.44 bits per heavy atom. The Morgan fingerprint density at radius 1 is 1.08 bits per heavy atom. The number of rotatable bonds is 6. The summed E-state index contributed by atoms with van der Waals surface area (Å²) in [5.74, 6) is 0. The first kappa shape index (κ1) is 18.2. The second kappa shape index (κ2) is 8.65. The van der Waals surface area contributed by atoms with Crippen LogP contribution in [0.15, 0.2) is 36.4 Å². The van der Waals surface area contributed by atoms with E-state index in [1.807, 2.05) is 7.05 Å². The van der Waals surface area contributed by atoms with E-state index < -0.39 is 0 Å². The Bertz CT molecular complexity index is 700. The average Bonchev–Trinajstić information content (AvgIpc) is 2.92. The van der Waals surface area contributed by atoms with Crippen LogP contribution in [0.1, 0.15) is 23.7 Å². The topological polar surface area (TPSA) is 24.3 Å². The van der Waals surface area contributed by atoms with Crippen molar-refractivity contribution in [3.8, 4) is 0 Å². The van der Waals surface area contributed by atoms with Crippen LogP contribution < -0.4 is 0 Å². The fourth-order valence-corrected chi connectivity index (χ4v) is 3.50. The molecule has 0 bridgehead atoms. The smallest absolute Gasteiger partial charge is 0.131 e. The van der Waals surface area contributed by atoms with Gasteiger partial charge in [0.1, 0.15) is 5.15 Å². The number of piperazine rings is 1. The maximum Gasteiger partial charge on any atom is 0.131 e. The van der Waals surface area contributed by atoms with Gasteiger partial charge in [0.25, 0.3) is 0 Å². The maximum atomic E-state index is 6.42. The zero-order chi connectivity index (χ0) is 17.6. The molecule has 2 heterocycles. The third-order valence-electron chi connectivity index (χ3n) is 4.81. The lowest BCUT2D eigenvalue weighted by Gasteiger charge is -2.34. The largest absolute Gasteiger partial charge is 0.297 e. The van der Waals surface area contributed by atoms with Crippen molar-refractivity contribution in [2.24, 2.45) is 7.05 Å². The summed E-state index contributed by atoms with van der Waals surface area (Å²) >= 11 is 6.42. The van der Waals surface area contributed by atoms with Gasteiger partial charge in [-0.05, 0) is 12.0 Å². The number of hydrogen-bond acceptors (Lipinski definition) is 3. The second-order valence-corrected chi connectivity index (χ2v) is 6.94. The van der Waals surface area contributed by atoms with Crippen molar-refractivity contribution in [3.63, 3.8) is 0 Å². The van der Waals surface area contributed by atoms with Gasteiger partial charge in [0, 0.05) is 51.9 Å². The number of halogens is 1. The molecule has 4 nitrogen and oxygen atoms in total. The third-order valence-corrected chi connectivity index (χ3v) is 5.28. The van der Waals surface area contributed by atoms with Crippen molar-refractivity contribution in [2.75, 3.05) is 32.7 Å². The van der Waals surface area contributed by atoms with Gasteiger partial charge in [-0.25, -0.2) is 0 Å². The molecule has 0 N–H and O–H groups in total. The van der Waals surface area contributed by atoms with Gasteiger partial charge in [0.05, 0.1) is 5.69 Å². The Balaban J connectivity index is 1.48. The summed E-state index contributed by atoms with van der Waals surface area (Å²) in [6.07, 6.45) is 5.40. The quantitative estimate of drug-likeness (QED) is 0.790. The minimum absolute atomic E-state index is 0.782. The molecule has 134 valence electrons. The summed E-state index contributed by atoms with van der Waals surface area (Å²) in [6.45, 7) is 8.40. The lowest BCUT2D eigenvalue weighted by molar-refractivity contribution is 0.137. The van der Waals surface area contributed by atoms with E-state index in [9.17, 15) is 0 Å². The normalized spacial score (nSPS) is 16.8. The van der Waals surface area contributed by atoms with Gasteiger partial charge in [0.2, 0.25) is 0 Å². The fraction of sp³-hybridized carbons (Fsp3) is 0.450. The van der Waals surface area contributed by atoms with Crippen LogP contribution >= 0.6 is 11.6 Å². The molecule has 1 fully saturated rings. The van der Waals surface area contributed by atoms with E-state index in [-0.39, 0.29) is 0 Å². The molecule has 0 aliphatic carbocycles. The molecule has 1 saturated heterocycles. The minimum Gasteiger partial charge on any atom is -0.297 e. The third kappa shape index (κ3) is 4.72. The van der Waals surface area contributed by atoms with Crippen molar-refractivity contribution in [2.45, 2.75) is 19.9 Å². The Labute approximate surface area is 155 Å². The van der Waals surface area contributed by atoms with Gasteiger partial charge >= 0.3 is 0 Å². The highest BCUT2D eigenvalue weighted by molar-refractivity contribution is 6.30. The highest BCUT2D eigenvalue weighted by Gasteiger charge is 2.20. The highest BCUT2D eigenvalue weighted by Crippen LogP contribution is 2.22. The van der Waals surface area contributed by atoms with Gasteiger partial charge in [-0.3, -0.25) is 14.5 Å². The van der Waals surface area contributed by atoms with E-state index in [1.54, 1.807) is 4.68 Å². The molecular formula is C20H27ClN4. The lowest BCUT2D eigenvalue weighted by atomic mass is 10.2. The first-order chi connectivity index (χ1) is 12.2. The molecular weight excluding hydrogens is 332 g/mol. The van der Waals surface area contributed by atoms with Crippen molar-refractivity contribution in [3.05, 3.63) is 58.4 Å². The number of aryl methyl sites for hydroxylation is 2. The number of aromatic nitrogens is 2. The molecule has 2 aromatic rings. The zero-order valence-corrected chi connectivity index (χ0v) is 15.9. The lowest BCUT2D eigenvalue weighted by Crippen LogP contribution is -2.45. The molecule has 0 amide bonds. The Hall–Kier alpha value is -1.62. The SMILES string of the molecule is CCc1nn(C)c(Cl)c1CN1CCN(CC=Cc2ccccc2)CC1. The molecule has 0 radical (unpaired) electrons. The number of benzene rings is 1. The van der Waals surface area contributed by atoms with E-state index in [4.69, 9.17) is 11.6 Å². The van der Waals surface area contributed by atoms with E-state index >= 15 is 0 Å². The predicted octanol–water partition coefficient (Wildman–Crippen LogP) is 3.47. The summed E-state index contributed by atoms with van der Waals surface area (Å²) in [6, 6.07) is 10.5. The summed E-state index contributed by atoms with van der Waals surface area (Å²) in [5.41, 5.74) is 3.59. The van der Waals surface area contributed by atoms with Crippen LogP contribution in [0, 0.1) is 0 Å². The van der Waals surface area contributed by atoms with Crippen LogP contribution in [0.4, 0.5) is 0 Å². The standard InChI is InChI=1S/C20H27ClN4/c1-3-19-18(20(21)23(2)22-19)16-25-14-12-24(13-15-25)11-7-10-17-8-5-4-6-9-17/h4-10H,3,11-16H2,1-2H3. The number of hydrogen-bond donors (Lipinski definition) is 0. The van der Waals surface area contributed by atoms with Crippen LogP contribution in [0.3, 0.4) is 0 Å². The molecule has 25 heavy (non-hydrogen) atoms. The van der Waals surface area contributed by atoms with Crippen LogP contribution in [-0.4, -0.2) is 52.3 Å². The van der Waals surface area contributed by atoms with Gasteiger partial charge in [-0.2, -0.15) is 5.10 Å². The fourth-order valence-electron chi connectivity index (χ4n) is 3.30. The molecule has 0 spiro atoms. The minimum atomic E-state index is 0.782. The van der Waals surface area contributed by atoms with Gasteiger partial charge in [0.15, 0.2) is 0 Å². The maximum absolute atomic E-state index is 6.42. The molecule has 0 unspecified atom stereocenters. The molecule has 5 heteroatoms.